The molecule has 1 aliphatic heterocycles. The van der Waals surface area contributed by atoms with Gasteiger partial charge in [0.2, 0.25) is 0 Å². The van der Waals surface area contributed by atoms with Gasteiger partial charge in [0.05, 0.1) is 0 Å². The Morgan fingerprint density at radius 2 is 1.74 bits per heavy atom. The lowest BCUT2D eigenvalue weighted by atomic mass is 9.85. The molecular formula is C16H33N3. The maximum absolute atomic E-state index is 3.44. The first kappa shape index (κ1) is 15.3. The molecule has 1 saturated heterocycles. The van der Waals surface area contributed by atoms with E-state index in [1.54, 1.807) is 0 Å². The number of hydrogen-bond donors (Lipinski definition) is 1. The van der Waals surface area contributed by atoms with Gasteiger partial charge in [-0.15, -0.1) is 0 Å². The van der Waals surface area contributed by atoms with E-state index in [-0.39, 0.29) is 0 Å². The van der Waals surface area contributed by atoms with Crippen molar-refractivity contribution in [2.24, 2.45) is 5.41 Å². The first-order valence-electron chi connectivity index (χ1n) is 8.30. The third-order valence-electron chi connectivity index (χ3n) is 5.40. The molecule has 3 nitrogen and oxygen atoms in total. The molecule has 1 heterocycles. The molecule has 2 fully saturated rings. The molecule has 0 amide bonds. The van der Waals surface area contributed by atoms with Gasteiger partial charge in [0.15, 0.2) is 0 Å². The van der Waals surface area contributed by atoms with Crippen LogP contribution in [0.1, 0.15) is 46.0 Å². The monoisotopic (exact) mass is 267 g/mol. The molecule has 0 radical (unpaired) electrons. The van der Waals surface area contributed by atoms with Gasteiger partial charge in [-0.25, -0.2) is 0 Å². The Bertz CT molecular complexity index is 253. The molecule has 0 aromatic rings. The molecule has 0 spiro atoms. The fourth-order valence-corrected chi connectivity index (χ4v) is 3.99. The van der Waals surface area contributed by atoms with Gasteiger partial charge in [-0.3, -0.25) is 4.90 Å². The van der Waals surface area contributed by atoms with E-state index in [4.69, 9.17) is 0 Å². The smallest absolute Gasteiger partial charge is 0.0113 e. The third-order valence-corrected chi connectivity index (χ3v) is 5.40. The lowest BCUT2D eigenvalue weighted by Gasteiger charge is -2.42. The number of nitrogens with one attached hydrogen (secondary N) is 1. The molecule has 112 valence electrons. The highest BCUT2D eigenvalue weighted by Gasteiger charge is 2.35. The molecule has 1 saturated carbocycles. The molecule has 3 heteroatoms. The number of piperazine rings is 1. The Kier molecular flexibility index (Phi) is 5.67. The number of hydrogen-bond acceptors (Lipinski definition) is 3. The van der Waals surface area contributed by atoms with Gasteiger partial charge in [0.25, 0.3) is 0 Å². The Morgan fingerprint density at radius 1 is 1.11 bits per heavy atom. The second-order valence-corrected chi connectivity index (χ2v) is 6.81. The molecule has 1 N–H and O–H groups in total. The Balaban J connectivity index is 1.81. The number of nitrogens with zero attached hydrogens (tertiary/aromatic N) is 2. The van der Waals surface area contributed by atoms with Crippen LogP contribution < -0.4 is 5.32 Å². The minimum atomic E-state index is 0.577. The largest absolute Gasteiger partial charge is 0.319 e. The van der Waals surface area contributed by atoms with Crippen LogP contribution in [0.25, 0.3) is 0 Å². The maximum atomic E-state index is 3.44. The van der Waals surface area contributed by atoms with Gasteiger partial charge >= 0.3 is 0 Å². The van der Waals surface area contributed by atoms with Crippen molar-refractivity contribution in [3.8, 4) is 0 Å². The van der Waals surface area contributed by atoms with Crippen LogP contribution in [0, 0.1) is 5.41 Å². The topological polar surface area (TPSA) is 18.5 Å². The van der Waals surface area contributed by atoms with Crippen LogP contribution in [0.3, 0.4) is 0 Å². The Morgan fingerprint density at radius 3 is 2.26 bits per heavy atom. The molecule has 1 unspecified atom stereocenters. The zero-order chi connectivity index (χ0) is 13.7. The van der Waals surface area contributed by atoms with E-state index in [0.29, 0.717) is 5.41 Å². The van der Waals surface area contributed by atoms with Gasteiger partial charge in [-0.1, -0.05) is 19.8 Å². The van der Waals surface area contributed by atoms with Gasteiger partial charge in [-0.05, 0) is 38.6 Å². The van der Waals surface area contributed by atoms with Gasteiger partial charge in [0, 0.05) is 45.3 Å². The normalized spacial score (nSPS) is 26.7. The second kappa shape index (κ2) is 7.05. The average molecular weight is 267 g/mol. The van der Waals surface area contributed by atoms with Crippen LogP contribution in [-0.4, -0.2) is 62.2 Å². The molecule has 1 atom stereocenters. The quantitative estimate of drug-likeness (QED) is 0.796. The predicted molar refractivity (Wildman–Crippen MR) is 82.6 cm³/mol. The summed E-state index contributed by atoms with van der Waals surface area (Å²) < 4.78 is 0. The second-order valence-electron chi connectivity index (χ2n) is 6.81. The van der Waals surface area contributed by atoms with Crippen molar-refractivity contribution in [3.63, 3.8) is 0 Å². The highest BCUT2D eigenvalue weighted by Crippen LogP contribution is 2.38. The fourth-order valence-electron chi connectivity index (χ4n) is 3.99. The fraction of sp³-hybridized carbons (Fsp3) is 1.00. The molecule has 2 rings (SSSR count). The maximum Gasteiger partial charge on any atom is 0.0113 e. The predicted octanol–water partition coefficient (Wildman–Crippen LogP) is 2.18. The SMILES string of the molecule is CCC(C)N1CCN(CC2(CNC)CCCC2)CC1. The van der Waals surface area contributed by atoms with Crippen molar-refractivity contribution in [3.05, 3.63) is 0 Å². The molecule has 0 bridgehead atoms. The van der Waals surface area contributed by atoms with Crippen LogP contribution in [-0.2, 0) is 0 Å². The van der Waals surface area contributed by atoms with Crippen LogP contribution >= 0.6 is 0 Å². The summed E-state index contributed by atoms with van der Waals surface area (Å²) in [6, 6.07) is 0.764. The zero-order valence-electron chi connectivity index (χ0n) is 13.2. The van der Waals surface area contributed by atoms with Gasteiger partial charge < -0.3 is 10.2 Å². The standard InChI is InChI=1S/C16H33N3/c1-4-15(2)19-11-9-18(10-12-19)14-16(13-17-3)7-5-6-8-16/h15,17H,4-14H2,1-3H3. The van der Waals surface area contributed by atoms with E-state index in [1.807, 2.05) is 0 Å². The van der Waals surface area contributed by atoms with E-state index in [1.165, 1.54) is 71.4 Å². The van der Waals surface area contributed by atoms with Crippen LogP contribution in [0.15, 0.2) is 0 Å². The Hall–Kier alpha value is -0.120. The van der Waals surface area contributed by atoms with Crippen molar-refractivity contribution in [2.75, 3.05) is 46.3 Å². The molecular weight excluding hydrogens is 234 g/mol. The van der Waals surface area contributed by atoms with E-state index in [0.717, 1.165) is 6.04 Å². The lowest BCUT2D eigenvalue weighted by Crippen LogP contribution is -2.52. The van der Waals surface area contributed by atoms with Crippen LogP contribution in [0.2, 0.25) is 0 Å². The van der Waals surface area contributed by atoms with Crippen LogP contribution in [0.4, 0.5) is 0 Å². The summed E-state index contributed by atoms with van der Waals surface area (Å²) in [5.41, 5.74) is 0.577. The van der Waals surface area contributed by atoms with E-state index >= 15 is 0 Å². The van der Waals surface area contributed by atoms with E-state index in [2.05, 4.69) is 36.0 Å². The lowest BCUT2D eigenvalue weighted by molar-refractivity contribution is 0.0670. The highest BCUT2D eigenvalue weighted by atomic mass is 15.3. The van der Waals surface area contributed by atoms with Crippen molar-refractivity contribution < 1.29 is 0 Å². The third kappa shape index (κ3) is 3.93. The molecule has 2 aliphatic rings. The Labute approximate surface area is 119 Å². The van der Waals surface area contributed by atoms with Crippen molar-refractivity contribution in [1.82, 2.24) is 15.1 Å². The molecule has 19 heavy (non-hydrogen) atoms. The van der Waals surface area contributed by atoms with E-state index in [9.17, 15) is 0 Å². The van der Waals surface area contributed by atoms with Crippen molar-refractivity contribution in [2.45, 2.75) is 52.0 Å². The summed E-state index contributed by atoms with van der Waals surface area (Å²) in [6.45, 7) is 12.3. The molecule has 0 aromatic carbocycles. The van der Waals surface area contributed by atoms with Crippen molar-refractivity contribution >= 4 is 0 Å². The molecule has 0 aromatic heterocycles. The summed E-state index contributed by atoms with van der Waals surface area (Å²) in [5, 5.41) is 3.44. The minimum absolute atomic E-state index is 0.577. The van der Waals surface area contributed by atoms with Crippen molar-refractivity contribution in [1.29, 1.82) is 0 Å². The van der Waals surface area contributed by atoms with Crippen LogP contribution in [0.5, 0.6) is 0 Å². The summed E-state index contributed by atoms with van der Waals surface area (Å²) in [7, 11) is 2.11. The summed E-state index contributed by atoms with van der Waals surface area (Å²) in [6.07, 6.45) is 7.02. The average Bonchev–Trinajstić information content (AvgIpc) is 2.87. The first-order valence-corrected chi connectivity index (χ1v) is 8.30. The minimum Gasteiger partial charge on any atom is -0.319 e. The molecule has 1 aliphatic carbocycles. The summed E-state index contributed by atoms with van der Waals surface area (Å²) in [4.78, 5) is 5.39. The summed E-state index contributed by atoms with van der Waals surface area (Å²) in [5.74, 6) is 0. The highest BCUT2D eigenvalue weighted by molar-refractivity contribution is 4.90. The zero-order valence-corrected chi connectivity index (χ0v) is 13.2. The van der Waals surface area contributed by atoms with Gasteiger partial charge in [-0.2, -0.15) is 0 Å². The first-order chi connectivity index (χ1) is 9.19. The van der Waals surface area contributed by atoms with Gasteiger partial charge in [0.1, 0.15) is 0 Å². The van der Waals surface area contributed by atoms with E-state index < -0.39 is 0 Å². The summed E-state index contributed by atoms with van der Waals surface area (Å²) >= 11 is 0. The number of rotatable bonds is 6.